The zero-order valence-corrected chi connectivity index (χ0v) is 18.8. The number of hydrogen-bond acceptors (Lipinski definition) is 7. The van der Waals surface area contributed by atoms with E-state index in [1.807, 2.05) is 49.4 Å². The first kappa shape index (κ1) is 23.0. The Bertz CT molecular complexity index is 1630. The zero-order chi connectivity index (χ0) is 24.9. The number of terminal acetylenes is 1. The van der Waals surface area contributed by atoms with Crippen molar-refractivity contribution in [3.8, 4) is 12.3 Å². The number of carbonyl (C=O) groups is 1. The van der Waals surface area contributed by atoms with Crippen LogP contribution >= 0.6 is 0 Å². The van der Waals surface area contributed by atoms with Crippen molar-refractivity contribution in [1.29, 1.82) is 0 Å². The molecule has 10 nitrogen and oxygen atoms in total. The van der Waals surface area contributed by atoms with Crippen LogP contribution in [0.25, 0.3) is 16.6 Å². The van der Waals surface area contributed by atoms with E-state index in [2.05, 4.69) is 26.4 Å². The minimum absolute atomic E-state index is 0.103. The average Bonchev–Trinajstić information content (AvgIpc) is 3.22. The Labute approximate surface area is 200 Å². The van der Waals surface area contributed by atoms with E-state index in [9.17, 15) is 9.59 Å². The molecule has 3 aromatic heterocycles. The van der Waals surface area contributed by atoms with Crippen LogP contribution in [0.3, 0.4) is 0 Å². The molecule has 0 fully saturated rings. The average molecular weight is 467 g/mol. The van der Waals surface area contributed by atoms with Gasteiger partial charge in [0.15, 0.2) is 11.5 Å². The number of aryl methyl sites for hydroxylation is 1. The van der Waals surface area contributed by atoms with E-state index in [4.69, 9.17) is 17.9 Å². The maximum atomic E-state index is 12.9. The third kappa shape index (κ3) is 4.51. The molecule has 0 bridgehead atoms. The largest absolute Gasteiger partial charge is 0.381 e. The lowest BCUT2D eigenvalue weighted by atomic mass is 10.1. The lowest BCUT2D eigenvalue weighted by molar-refractivity contribution is 0.100. The van der Waals surface area contributed by atoms with Gasteiger partial charge in [-0.3, -0.25) is 15.0 Å². The molecule has 5 N–H and O–H groups in total. The number of para-hydroxylation sites is 1. The number of hydrogen-bond donors (Lipinski definition) is 3. The van der Waals surface area contributed by atoms with Gasteiger partial charge in [0.05, 0.1) is 16.6 Å². The molecule has 5 aromatic rings. The standard InChI is InChI=1S/C18H15N3O.C7H7N5O/c1-3-13-9-8-12-15-17(13)18(22)21(16(4-2)19-15)20-14-10-6-5-7-11-14;8-5-4(6(9)13)7-10-2-1-3-12(7)11-5/h1,5-12,20H,4H2,2H3;1-3H,(H2,8,11)(H2,9,13). The predicted octanol–water partition coefficient (Wildman–Crippen LogP) is 2.23. The van der Waals surface area contributed by atoms with Gasteiger partial charge in [0.25, 0.3) is 11.5 Å². The van der Waals surface area contributed by atoms with Crippen LogP contribution in [0.2, 0.25) is 0 Å². The number of anilines is 2. The van der Waals surface area contributed by atoms with Crippen LogP contribution in [-0.2, 0) is 6.42 Å². The van der Waals surface area contributed by atoms with E-state index in [1.54, 1.807) is 24.5 Å². The van der Waals surface area contributed by atoms with Crippen LogP contribution in [-0.4, -0.2) is 30.2 Å². The molecule has 1 amide bonds. The Hall–Kier alpha value is -5.17. The number of nitrogens with zero attached hydrogens (tertiary/aromatic N) is 5. The summed E-state index contributed by atoms with van der Waals surface area (Å²) in [7, 11) is 0. The number of nitrogen functional groups attached to an aromatic ring is 1. The van der Waals surface area contributed by atoms with Gasteiger partial charge < -0.3 is 11.5 Å². The first-order chi connectivity index (χ1) is 16.9. The van der Waals surface area contributed by atoms with E-state index < -0.39 is 5.91 Å². The fourth-order valence-electron chi connectivity index (χ4n) is 3.53. The number of aromatic nitrogens is 5. The van der Waals surface area contributed by atoms with E-state index >= 15 is 0 Å². The first-order valence-corrected chi connectivity index (χ1v) is 10.7. The van der Waals surface area contributed by atoms with Crippen LogP contribution in [0.15, 0.2) is 71.8 Å². The number of carbonyl (C=O) groups excluding carboxylic acids is 1. The highest BCUT2D eigenvalue weighted by molar-refractivity contribution is 6.03. The predicted molar refractivity (Wildman–Crippen MR) is 135 cm³/mol. The lowest BCUT2D eigenvalue weighted by Crippen LogP contribution is -2.31. The summed E-state index contributed by atoms with van der Waals surface area (Å²) in [6, 6.07) is 16.6. The van der Waals surface area contributed by atoms with Gasteiger partial charge in [0, 0.05) is 24.4 Å². The molecule has 35 heavy (non-hydrogen) atoms. The number of primary amides is 1. The Morgan fingerprint density at radius 3 is 2.60 bits per heavy atom. The smallest absolute Gasteiger partial charge is 0.281 e. The summed E-state index contributed by atoms with van der Waals surface area (Å²) in [5, 5.41) is 4.33. The van der Waals surface area contributed by atoms with Crippen molar-refractivity contribution in [3.63, 3.8) is 0 Å². The number of benzene rings is 2. The molecule has 0 atom stereocenters. The van der Waals surface area contributed by atoms with Gasteiger partial charge in [-0.25, -0.2) is 19.2 Å². The molecule has 0 unspecified atom stereocenters. The quantitative estimate of drug-likeness (QED) is 0.344. The van der Waals surface area contributed by atoms with Crippen molar-refractivity contribution in [2.45, 2.75) is 13.3 Å². The van der Waals surface area contributed by atoms with E-state index in [0.29, 0.717) is 34.4 Å². The van der Waals surface area contributed by atoms with Gasteiger partial charge in [-0.05, 0) is 30.3 Å². The molecule has 0 aliphatic carbocycles. The maximum Gasteiger partial charge on any atom is 0.281 e. The summed E-state index contributed by atoms with van der Waals surface area (Å²) in [6.45, 7) is 1.96. The molecule has 0 saturated carbocycles. The minimum atomic E-state index is -0.619. The molecule has 2 aromatic carbocycles. The second-order valence-electron chi connectivity index (χ2n) is 7.36. The molecule has 0 aliphatic rings. The molecule has 0 saturated heterocycles. The van der Waals surface area contributed by atoms with Crippen LogP contribution < -0.4 is 22.5 Å². The first-order valence-electron chi connectivity index (χ1n) is 10.7. The normalized spacial score (nSPS) is 10.4. The van der Waals surface area contributed by atoms with Gasteiger partial charge in [-0.15, -0.1) is 11.5 Å². The van der Waals surface area contributed by atoms with Gasteiger partial charge >= 0.3 is 0 Å². The van der Waals surface area contributed by atoms with Crippen molar-refractivity contribution in [2.24, 2.45) is 5.73 Å². The summed E-state index contributed by atoms with van der Waals surface area (Å²) in [6.07, 6.45) is 9.33. The van der Waals surface area contributed by atoms with E-state index in [0.717, 1.165) is 5.69 Å². The van der Waals surface area contributed by atoms with Gasteiger partial charge in [-0.1, -0.05) is 37.1 Å². The van der Waals surface area contributed by atoms with E-state index in [1.165, 1.54) is 9.19 Å². The number of fused-ring (bicyclic) bond motifs is 2. The summed E-state index contributed by atoms with van der Waals surface area (Å²) in [4.78, 5) is 32.3. The number of rotatable bonds is 4. The van der Waals surface area contributed by atoms with Crippen molar-refractivity contribution < 1.29 is 4.79 Å². The fraction of sp³-hybridized carbons (Fsp3) is 0.0800. The maximum absolute atomic E-state index is 12.9. The molecule has 0 aliphatic heterocycles. The highest BCUT2D eigenvalue weighted by Gasteiger charge is 2.15. The molecule has 10 heteroatoms. The summed E-state index contributed by atoms with van der Waals surface area (Å²) < 4.78 is 2.88. The van der Waals surface area contributed by atoms with Gasteiger partial charge in [0.1, 0.15) is 11.4 Å². The lowest BCUT2D eigenvalue weighted by Gasteiger charge is -2.15. The second kappa shape index (κ2) is 9.76. The topological polar surface area (TPSA) is 146 Å². The van der Waals surface area contributed by atoms with Crippen LogP contribution in [0.4, 0.5) is 11.5 Å². The molecular weight excluding hydrogens is 444 g/mol. The van der Waals surface area contributed by atoms with Crippen LogP contribution in [0.1, 0.15) is 28.7 Å². The molecule has 0 radical (unpaired) electrons. The van der Waals surface area contributed by atoms with Gasteiger partial charge in [-0.2, -0.15) is 0 Å². The second-order valence-corrected chi connectivity index (χ2v) is 7.36. The van der Waals surface area contributed by atoms with Crippen LogP contribution in [0, 0.1) is 12.3 Å². The third-order valence-electron chi connectivity index (χ3n) is 5.12. The Morgan fingerprint density at radius 1 is 1.14 bits per heavy atom. The number of nitrogens with two attached hydrogens (primary N) is 2. The summed E-state index contributed by atoms with van der Waals surface area (Å²) >= 11 is 0. The Kier molecular flexibility index (Phi) is 6.42. The monoisotopic (exact) mass is 466 g/mol. The van der Waals surface area contributed by atoms with E-state index in [-0.39, 0.29) is 16.9 Å². The third-order valence-corrected chi connectivity index (χ3v) is 5.12. The molecule has 3 heterocycles. The summed E-state index contributed by atoms with van der Waals surface area (Å²) in [5.41, 5.74) is 16.1. The molecule has 5 rings (SSSR count). The minimum Gasteiger partial charge on any atom is -0.381 e. The molecule has 0 spiro atoms. The fourth-order valence-corrected chi connectivity index (χ4v) is 3.53. The van der Waals surface area contributed by atoms with Crippen molar-refractivity contribution in [3.05, 3.63) is 94.3 Å². The van der Waals surface area contributed by atoms with Crippen molar-refractivity contribution >= 4 is 34.0 Å². The Balaban J connectivity index is 0.000000189. The molecule has 174 valence electrons. The Morgan fingerprint density at radius 2 is 1.91 bits per heavy atom. The van der Waals surface area contributed by atoms with Crippen LogP contribution in [0.5, 0.6) is 0 Å². The highest BCUT2D eigenvalue weighted by Crippen LogP contribution is 2.15. The summed E-state index contributed by atoms with van der Waals surface area (Å²) in [5.74, 6) is 2.70. The van der Waals surface area contributed by atoms with Crippen molar-refractivity contribution in [1.82, 2.24) is 24.3 Å². The van der Waals surface area contributed by atoms with Gasteiger partial charge in [0.2, 0.25) is 0 Å². The zero-order valence-electron chi connectivity index (χ0n) is 18.8. The molecular formula is C25H22N8O2. The van der Waals surface area contributed by atoms with Crippen molar-refractivity contribution in [2.75, 3.05) is 11.2 Å². The number of amides is 1. The highest BCUT2D eigenvalue weighted by atomic mass is 16.1. The SMILES string of the molecule is C#Cc1cccc2nc(CC)n(Nc3ccccc3)c(=O)c12.NC(=O)c1c(N)nn2cccnc12. The number of nitrogens with one attached hydrogen (secondary N) is 1.